The molecule has 1 fully saturated rings. The molecular weight excluding hydrogens is 236 g/mol. The standard InChI is InChI=1S/C12H22N2O4/c1-3-6-13-11-4-7-14(8-5-11)12(16)18-9-17-10(2)15/h11,13H,3-9H2,1-2H3. The van der Waals surface area contributed by atoms with Gasteiger partial charge in [0.2, 0.25) is 6.79 Å². The third-order valence-corrected chi connectivity index (χ3v) is 2.88. The van der Waals surface area contributed by atoms with E-state index in [-0.39, 0.29) is 6.79 Å². The largest absolute Gasteiger partial charge is 0.428 e. The van der Waals surface area contributed by atoms with E-state index in [1.54, 1.807) is 4.90 Å². The molecule has 0 radical (unpaired) electrons. The number of rotatable bonds is 5. The fourth-order valence-corrected chi connectivity index (χ4v) is 1.87. The molecule has 1 aliphatic heterocycles. The van der Waals surface area contributed by atoms with E-state index in [9.17, 15) is 9.59 Å². The fraction of sp³-hybridized carbons (Fsp3) is 0.833. The highest BCUT2D eigenvalue weighted by molar-refractivity contribution is 5.68. The minimum absolute atomic E-state index is 0.303. The summed E-state index contributed by atoms with van der Waals surface area (Å²) in [7, 11) is 0. The van der Waals surface area contributed by atoms with Crippen LogP contribution in [-0.2, 0) is 14.3 Å². The van der Waals surface area contributed by atoms with Crippen LogP contribution in [0, 0.1) is 0 Å². The van der Waals surface area contributed by atoms with Crippen molar-refractivity contribution >= 4 is 12.1 Å². The summed E-state index contributed by atoms with van der Waals surface area (Å²) in [4.78, 5) is 23.7. The van der Waals surface area contributed by atoms with Crippen molar-refractivity contribution < 1.29 is 19.1 Å². The van der Waals surface area contributed by atoms with Gasteiger partial charge in [0, 0.05) is 26.1 Å². The van der Waals surface area contributed by atoms with Gasteiger partial charge in [0.05, 0.1) is 0 Å². The molecule has 1 aliphatic rings. The topological polar surface area (TPSA) is 67.9 Å². The molecule has 0 bridgehead atoms. The summed E-state index contributed by atoms with van der Waals surface area (Å²) < 4.78 is 9.39. The van der Waals surface area contributed by atoms with Gasteiger partial charge in [-0.3, -0.25) is 4.79 Å². The van der Waals surface area contributed by atoms with Crippen molar-refractivity contribution in [1.82, 2.24) is 10.2 Å². The van der Waals surface area contributed by atoms with Crippen LogP contribution in [0.2, 0.25) is 0 Å². The maximum absolute atomic E-state index is 11.6. The number of amides is 1. The minimum atomic E-state index is -0.453. The quantitative estimate of drug-likeness (QED) is 0.591. The van der Waals surface area contributed by atoms with Crippen LogP contribution in [0.15, 0.2) is 0 Å². The van der Waals surface area contributed by atoms with Crippen molar-refractivity contribution in [3.63, 3.8) is 0 Å². The van der Waals surface area contributed by atoms with Gasteiger partial charge in [0.15, 0.2) is 0 Å². The molecule has 0 aromatic heterocycles. The number of carbonyl (C=O) groups is 2. The van der Waals surface area contributed by atoms with Crippen molar-refractivity contribution in [1.29, 1.82) is 0 Å². The zero-order chi connectivity index (χ0) is 13.4. The maximum atomic E-state index is 11.6. The van der Waals surface area contributed by atoms with Gasteiger partial charge in [-0.2, -0.15) is 0 Å². The van der Waals surface area contributed by atoms with E-state index in [0.29, 0.717) is 19.1 Å². The van der Waals surface area contributed by atoms with Crippen molar-refractivity contribution in [2.24, 2.45) is 0 Å². The number of ether oxygens (including phenoxy) is 2. The molecule has 18 heavy (non-hydrogen) atoms. The summed E-state index contributed by atoms with van der Waals surface area (Å²) in [6, 6.07) is 0.488. The number of esters is 1. The van der Waals surface area contributed by atoms with Crippen molar-refractivity contribution in [3.05, 3.63) is 0 Å². The third-order valence-electron chi connectivity index (χ3n) is 2.88. The summed E-state index contributed by atoms with van der Waals surface area (Å²) >= 11 is 0. The lowest BCUT2D eigenvalue weighted by Gasteiger charge is -2.31. The highest BCUT2D eigenvalue weighted by atomic mass is 16.7. The highest BCUT2D eigenvalue weighted by Crippen LogP contribution is 2.11. The zero-order valence-electron chi connectivity index (χ0n) is 11.1. The van der Waals surface area contributed by atoms with Gasteiger partial charge < -0.3 is 19.7 Å². The second-order valence-corrected chi connectivity index (χ2v) is 4.38. The number of piperidine rings is 1. The molecule has 0 atom stereocenters. The lowest BCUT2D eigenvalue weighted by Crippen LogP contribution is -2.45. The number of likely N-dealkylation sites (tertiary alicyclic amines) is 1. The summed E-state index contributed by atoms with van der Waals surface area (Å²) in [5.41, 5.74) is 0. The predicted octanol–water partition coefficient (Wildman–Crippen LogP) is 1.11. The van der Waals surface area contributed by atoms with Gasteiger partial charge in [-0.05, 0) is 25.8 Å². The first-order valence-corrected chi connectivity index (χ1v) is 6.42. The Hall–Kier alpha value is -1.30. The summed E-state index contributed by atoms with van der Waals surface area (Å²) in [5, 5.41) is 3.44. The molecule has 0 aromatic carbocycles. The maximum Gasteiger partial charge on any atom is 0.412 e. The monoisotopic (exact) mass is 258 g/mol. The van der Waals surface area contributed by atoms with Gasteiger partial charge in [-0.1, -0.05) is 6.92 Å². The van der Waals surface area contributed by atoms with Crippen LogP contribution in [0.1, 0.15) is 33.1 Å². The highest BCUT2D eigenvalue weighted by Gasteiger charge is 2.23. The lowest BCUT2D eigenvalue weighted by atomic mass is 10.1. The van der Waals surface area contributed by atoms with Crippen LogP contribution >= 0.6 is 0 Å². The molecule has 1 saturated heterocycles. The Labute approximate surface area is 108 Å². The number of carbonyl (C=O) groups excluding carboxylic acids is 2. The molecule has 1 amide bonds. The summed E-state index contributed by atoms with van der Waals surface area (Å²) in [6.07, 6.45) is 2.57. The van der Waals surface area contributed by atoms with Gasteiger partial charge in [0.25, 0.3) is 0 Å². The zero-order valence-corrected chi connectivity index (χ0v) is 11.1. The van der Waals surface area contributed by atoms with Gasteiger partial charge in [-0.15, -0.1) is 0 Å². The van der Waals surface area contributed by atoms with Gasteiger partial charge in [0.1, 0.15) is 0 Å². The Morgan fingerprint density at radius 1 is 1.28 bits per heavy atom. The number of nitrogens with one attached hydrogen (secondary N) is 1. The molecule has 0 aromatic rings. The molecule has 1 rings (SSSR count). The first-order chi connectivity index (χ1) is 8.63. The number of hydrogen-bond acceptors (Lipinski definition) is 5. The van der Waals surface area contributed by atoms with E-state index in [2.05, 4.69) is 17.0 Å². The SMILES string of the molecule is CCCNC1CCN(C(=O)OCOC(C)=O)CC1. The Kier molecular flexibility index (Phi) is 6.49. The molecular formula is C12H22N2O4. The van der Waals surface area contributed by atoms with E-state index >= 15 is 0 Å². The molecule has 0 unspecified atom stereocenters. The Morgan fingerprint density at radius 2 is 1.94 bits per heavy atom. The van der Waals surface area contributed by atoms with E-state index in [4.69, 9.17) is 4.74 Å². The van der Waals surface area contributed by atoms with Crippen LogP contribution in [-0.4, -0.2) is 49.4 Å². The van der Waals surface area contributed by atoms with Crippen LogP contribution in [0.3, 0.4) is 0 Å². The first-order valence-electron chi connectivity index (χ1n) is 6.42. The van der Waals surface area contributed by atoms with E-state index in [0.717, 1.165) is 25.8 Å². The molecule has 1 N–H and O–H groups in total. The van der Waals surface area contributed by atoms with Crippen LogP contribution < -0.4 is 5.32 Å². The number of nitrogens with zero attached hydrogens (tertiary/aromatic N) is 1. The molecule has 0 aliphatic carbocycles. The average Bonchev–Trinajstić information content (AvgIpc) is 2.36. The second kappa shape index (κ2) is 7.92. The lowest BCUT2D eigenvalue weighted by molar-refractivity contribution is -0.149. The minimum Gasteiger partial charge on any atom is -0.428 e. The molecule has 0 spiro atoms. The van der Waals surface area contributed by atoms with Crippen molar-refractivity contribution in [2.75, 3.05) is 26.4 Å². The van der Waals surface area contributed by atoms with Crippen LogP contribution in [0.5, 0.6) is 0 Å². The molecule has 1 heterocycles. The molecule has 6 heteroatoms. The Balaban J connectivity index is 2.17. The van der Waals surface area contributed by atoms with Gasteiger partial charge in [-0.25, -0.2) is 4.79 Å². The second-order valence-electron chi connectivity index (χ2n) is 4.38. The van der Waals surface area contributed by atoms with Crippen LogP contribution in [0.25, 0.3) is 0 Å². The summed E-state index contributed by atoms with van der Waals surface area (Å²) in [6.45, 7) is 5.48. The van der Waals surface area contributed by atoms with E-state index < -0.39 is 12.1 Å². The average molecular weight is 258 g/mol. The number of hydrogen-bond donors (Lipinski definition) is 1. The Morgan fingerprint density at radius 3 is 2.50 bits per heavy atom. The van der Waals surface area contributed by atoms with Crippen molar-refractivity contribution in [2.45, 2.75) is 39.2 Å². The Bertz CT molecular complexity index is 275. The van der Waals surface area contributed by atoms with E-state index in [1.807, 2.05) is 0 Å². The molecule has 104 valence electrons. The van der Waals surface area contributed by atoms with E-state index in [1.165, 1.54) is 6.92 Å². The fourth-order valence-electron chi connectivity index (χ4n) is 1.87. The van der Waals surface area contributed by atoms with Crippen molar-refractivity contribution in [3.8, 4) is 0 Å². The summed E-state index contributed by atoms with van der Waals surface area (Å²) in [5.74, 6) is -0.453. The van der Waals surface area contributed by atoms with Crippen LogP contribution in [0.4, 0.5) is 4.79 Å². The first kappa shape index (κ1) is 14.8. The smallest absolute Gasteiger partial charge is 0.412 e. The third kappa shape index (κ3) is 5.35. The van der Waals surface area contributed by atoms with Gasteiger partial charge >= 0.3 is 12.1 Å². The molecule has 6 nitrogen and oxygen atoms in total. The predicted molar refractivity (Wildman–Crippen MR) is 66.0 cm³/mol. The molecule has 0 saturated carbocycles. The normalized spacial score (nSPS) is 16.4.